The number of hydrogen-bond donors (Lipinski definition) is 6. The fourth-order valence-electron chi connectivity index (χ4n) is 12.2. The summed E-state index contributed by atoms with van der Waals surface area (Å²) in [5.41, 5.74) is 9.67. The Labute approximate surface area is 487 Å². The third kappa shape index (κ3) is 14.8. The first-order valence-corrected chi connectivity index (χ1v) is 29.3. The summed E-state index contributed by atoms with van der Waals surface area (Å²) in [5.74, 6) is -0.968. The van der Waals surface area contributed by atoms with Crippen molar-refractivity contribution in [3.63, 3.8) is 0 Å². The van der Waals surface area contributed by atoms with Crippen molar-refractivity contribution in [2.24, 2.45) is 5.73 Å². The van der Waals surface area contributed by atoms with Crippen LogP contribution in [-0.2, 0) is 46.0 Å². The number of aromatic nitrogens is 1. The SMILES string of the molecule is CC(F)(F)c1ccc2[nH]c(C(=O)N[C@H]3CC[C@@H](NC(=O)CCCCCCCCC#Cc4cccc5c4CN(C4CCC(=O)NC4=O)C5=O)C[C@H]4CC[C@@H](C(=O)N[C@@H](CCC(N)=O)C(=O)CC(c5ccccc5)c5ccccc5)N4C3=O)cc2c1. The molecule has 1 aromatic heterocycles. The van der Waals surface area contributed by atoms with E-state index in [9.17, 15) is 51.9 Å². The first-order valence-electron chi connectivity index (χ1n) is 29.3. The van der Waals surface area contributed by atoms with Gasteiger partial charge in [-0.05, 0) is 105 Å². The number of carbonyl (C=O) groups is 9. The Morgan fingerprint density at radius 3 is 2.20 bits per heavy atom. The minimum atomic E-state index is -3.12. The van der Waals surface area contributed by atoms with Crippen molar-refractivity contribution in [2.75, 3.05) is 0 Å². The molecule has 4 aromatic carbocycles. The van der Waals surface area contributed by atoms with E-state index < -0.39 is 71.7 Å². The number of H-pyrrole nitrogens is 1. The lowest BCUT2D eigenvalue weighted by Gasteiger charge is -2.38. The maximum absolute atomic E-state index is 14.9. The lowest BCUT2D eigenvalue weighted by atomic mass is 9.85. The average Bonchev–Trinajstić information content (AvgIpc) is 2.64. The number of unbranched alkanes of at least 4 members (excludes halogenated alkanes) is 6. The first kappa shape index (κ1) is 60.1. The Balaban J connectivity index is 0.813. The molecule has 0 radical (unpaired) electrons. The largest absolute Gasteiger partial charge is 0.370 e. The number of Topliss-reactive ketones (excluding diaryl/α,β-unsaturated/α-hetero) is 1. The molecule has 1 unspecified atom stereocenters. The van der Waals surface area contributed by atoms with E-state index in [0.717, 1.165) is 61.3 Å². The van der Waals surface area contributed by atoms with Gasteiger partial charge in [-0.15, -0.1) is 0 Å². The lowest BCUT2D eigenvalue weighted by Crippen LogP contribution is -2.59. The Hall–Kier alpha value is -8.53. The maximum Gasteiger partial charge on any atom is 0.270 e. The maximum atomic E-state index is 14.9. The summed E-state index contributed by atoms with van der Waals surface area (Å²) < 4.78 is 28.5. The minimum Gasteiger partial charge on any atom is -0.370 e. The van der Waals surface area contributed by atoms with Crippen molar-refractivity contribution >= 4 is 63.9 Å². The van der Waals surface area contributed by atoms with E-state index in [2.05, 4.69) is 38.1 Å². The molecule has 0 spiro atoms. The molecule has 8 amide bonds. The van der Waals surface area contributed by atoms with E-state index in [1.165, 1.54) is 34.1 Å². The fourth-order valence-corrected chi connectivity index (χ4v) is 12.2. The molecule has 4 aliphatic rings. The van der Waals surface area contributed by atoms with Crippen LogP contribution in [0.1, 0.15) is 177 Å². The highest BCUT2D eigenvalue weighted by Crippen LogP contribution is 2.35. The number of fused-ring (bicyclic) bond motifs is 3. The quantitative estimate of drug-likeness (QED) is 0.0211. The predicted molar refractivity (Wildman–Crippen MR) is 310 cm³/mol. The molecule has 9 rings (SSSR count). The fraction of sp³-hybridized carbons (Fsp3) is 0.431. The van der Waals surface area contributed by atoms with Crippen molar-refractivity contribution in [2.45, 2.75) is 177 Å². The molecule has 3 fully saturated rings. The van der Waals surface area contributed by atoms with Gasteiger partial charge in [0.2, 0.25) is 35.4 Å². The highest BCUT2D eigenvalue weighted by atomic mass is 19.3. The zero-order chi connectivity index (χ0) is 59.5. The van der Waals surface area contributed by atoms with Gasteiger partial charge in [0.05, 0.1) is 6.04 Å². The average molecular weight is 1150 g/mol. The molecular formula is C65H72F2N8O9. The molecule has 5 aromatic rings. The number of alkyl halides is 2. The normalized spacial score (nSPS) is 20.0. The van der Waals surface area contributed by atoms with Gasteiger partial charge in [-0.3, -0.25) is 48.5 Å². The van der Waals surface area contributed by atoms with Gasteiger partial charge in [-0.25, -0.2) is 8.78 Å². The van der Waals surface area contributed by atoms with Crippen molar-refractivity contribution in [3.05, 3.63) is 142 Å². The number of hydrogen-bond acceptors (Lipinski definition) is 9. The molecule has 3 saturated heterocycles. The summed E-state index contributed by atoms with van der Waals surface area (Å²) >= 11 is 0. The molecule has 5 heterocycles. The van der Waals surface area contributed by atoms with Crippen molar-refractivity contribution in [1.29, 1.82) is 0 Å². The zero-order valence-electron chi connectivity index (χ0n) is 47.2. The Bertz CT molecular complexity index is 3310. The topological polar surface area (TPSA) is 250 Å². The number of benzene rings is 4. The number of rotatable bonds is 23. The lowest BCUT2D eigenvalue weighted by molar-refractivity contribution is -0.143. The van der Waals surface area contributed by atoms with Crippen LogP contribution in [0.3, 0.4) is 0 Å². The monoisotopic (exact) mass is 1150 g/mol. The highest BCUT2D eigenvalue weighted by molar-refractivity contribution is 6.06. The molecule has 440 valence electrons. The van der Waals surface area contributed by atoms with Gasteiger partial charge in [0.25, 0.3) is 17.7 Å². The molecule has 19 heteroatoms. The van der Waals surface area contributed by atoms with Crippen LogP contribution in [0.15, 0.2) is 103 Å². The number of nitrogens with zero attached hydrogens (tertiary/aromatic N) is 2. The van der Waals surface area contributed by atoms with E-state index in [-0.39, 0.29) is 98.6 Å². The van der Waals surface area contributed by atoms with Gasteiger partial charge in [0.1, 0.15) is 23.8 Å². The number of nitrogens with two attached hydrogens (primary N) is 1. The molecule has 17 nitrogen and oxygen atoms in total. The molecular weight excluding hydrogens is 1070 g/mol. The van der Waals surface area contributed by atoms with E-state index >= 15 is 0 Å². The van der Waals surface area contributed by atoms with Gasteiger partial charge < -0.3 is 36.5 Å². The number of imide groups is 1. The van der Waals surface area contributed by atoms with Crippen LogP contribution in [0, 0.1) is 11.8 Å². The zero-order valence-corrected chi connectivity index (χ0v) is 47.2. The van der Waals surface area contributed by atoms with Crippen LogP contribution in [-0.4, -0.2) is 104 Å². The third-order valence-corrected chi connectivity index (χ3v) is 16.7. The molecule has 6 atom stereocenters. The molecule has 7 N–H and O–H groups in total. The standard InChI is InChI=1S/C65H72F2N8O9/c1-65(66,67)44-25-28-50-43(35-44)36-53(70-50)60(80)72-52-29-26-45(69-58(78)24-15-7-5-3-2-4-6-10-21-42-22-16-23-47-49(42)39-74(63(47)83)54-32-34-59(79)73-61(54)81)37-46-27-31-55(75(46)64(52)84)62(82)71-51(30-33-57(68)77)56(76)38-48(40-17-11-8-12-18-40)41-19-13-9-14-20-41/h8-9,11-14,16-20,22-23,25,28,35-36,45-46,48,51-52,54-55,70H,2-7,15,24,26-27,29-34,37-39H2,1H3,(H2,68,77)(H,69,78)(H,71,82)(H,72,80)(H,73,79,81)/t45-,46-,51+,52+,54?,55+/m1/s1. The van der Waals surface area contributed by atoms with Crippen molar-refractivity contribution < 1.29 is 51.9 Å². The van der Waals surface area contributed by atoms with Gasteiger partial charge in [-0.2, -0.15) is 0 Å². The Kier molecular flexibility index (Phi) is 19.5. The minimum absolute atomic E-state index is 0.00288. The second-order valence-corrected chi connectivity index (χ2v) is 22.7. The molecule has 4 aliphatic heterocycles. The smallest absolute Gasteiger partial charge is 0.270 e. The van der Waals surface area contributed by atoms with E-state index in [1.807, 2.05) is 66.7 Å². The van der Waals surface area contributed by atoms with Crippen LogP contribution in [0.25, 0.3) is 10.9 Å². The van der Waals surface area contributed by atoms with Crippen LogP contribution in [0.4, 0.5) is 8.78 Å². The highest BCUT2D eigenvalue weighted by Gasteiger charge is 2.47. The number of piperidine rings is 1. The van der Waals surface area contributed by atoms with Gasteiger partial charge in [-0.1, -0.05) is 110 Å². The van der Waals surface area contributed by atoms with E-state index in [0.29, 0.717) is 48.6 Å². The number of amides is 8. The van der Waals surface area contributed by atoms with Crippen LogP contribution >= 0.6 is 0 Å². The van der Waals surface area contributed by atoms with Crippen LogP contribution in [0.2, 0.25) is 0 Å². The van der Waals surface area contributed by atoms with Crippen molar-refractivity contribution in [3.8, 4) is 11.8 Å². The number of primary amides is 1. The summed E-state index contributed by atoms with van der Waals surface area (Å²) in [4.78, 5) is 127. The second-order valence-electron chi connectivity index (χ2n) is 22.7. The van der Waals surface area contributed by atoms with Gasteiger partial charge in [0, 0.05) is 91.2 Å². The summed E-state index contributed by atoms with van der Waals surface area (Å²) in [5, 5.41) is 11.6. The Morgan fingerprint density at radius 1 is 0.786 bits per heavy atom. The van der Waals surface area contributed by atoms with E-state index in [1.54, 1.807) is 12.1 Å². The number of halogens is 2. The third-order valence-electron chi connectivity index (χ3n) is 16.7. The van der Waals surface area contributed by atoms with Crippen LogP contribution < -0.4 is 27.0 Å². The Morgan fingerprint density at radius 2 is 1.50 bits per heavy atom. The first-order chi connectivity index (χ1) is 40.4. The number of aromatic amines is 1. The second kappa shape index (κ2) is 27.2. The van der Waals surface area contributed by atoms with Crippen LogP contribution in [0.5, 0.6) is 0 Å². The molecule has 0 bridgehead atoms. The number of nitrogens with one attached hydrogen (secondary N) is 5. The summed E-state index contributed by atoms with van der Waals surface area (Å²) in [6.07, 6.45) is 7.67. The molecule has 0 aliphatic carbocycles. The summed E-state index contributed by atoms with van der Waals surface area (Å²) in [6, 6.07) is 24.9. The molecule has 84 heavy (non-hydrogen) atoms. The van der Waals surface area contributed by atoms with Gasteiger partial charge in [0.15, 0.2) is 5.78 Å². The predicted octanol–water partition coefficient (Wildman–Crippen LogP) is 7.88. The molecule has 0 saturated carbocycles. The number of ketones is 1. The van der Waals surface area contributed by atoms with E-state index in [4.69, 9.17) is 5.73 Å². The van der Waals surface area contributed by atoms with Gasteiger partial charge >= 0.3 is 0 Å². The summed E-state index contributed by atoms with van der Waals surface area (Å²) in [7, 11) is 0. The number of carbonyl (C=O) groups excluding carboxylic acids is 9. The van der Waals surface area contributed by atoms with Crippen molar-refractivity contribution in [1.82, 2.24) is 36.1 Å². The summed E-state index contributed by atoms with van der Waals surface area (Å²) in [6.45, 7) is 1.05.